The molecule has 3 rings (SSSR count). The lowest BCUT2D eigenvalue weighted by molar-refractivity contribution is -0.119. The van der Waals surface area contributed by atoms with E-state index in [1.54, 1.807) is 6.92 Å². The lowest BCUT2D eigenvalue weighted by Gasteiger charge is -2.29. The van der Waals surface area contributed by atoms with E-state index in [4.69, 9.17) is 11.6 Å². The summed E-state index contributed by atoms with van der Waals surface area (Å²) in [5.41, 5.74) is 2.28. The molecule has 0 bridgehead atoms. The third kappa shape index (κ3) is 2.66. The number of nitrogens with one attached hydrogen (secondary N) is 2. The van der Waals surface area contributed by atoms with Crippen molar-refractivity contribution in [2.45, 2.75) is 44.6 Å². The Bertz CT molecular complexity index is 629. The van der Waals surface area contributed by atoms with Crippen LogP contribution < -0.4 is 5.32 Å². The molecule has 2 N–H and O–H groups in total. The van der Waals surface area contributed by atoms with E-state index in [1.807, 2.05) is 12.3 Å². The number of hydrogen-bond acceptors (Lipinski definition) is 2. The second-order valence-corrected chi connectivity index (χ2v) is 6.01. The second kappa shape index (κ2) is 5.44. The second-order valence-electron chi connectivity index (χ2n) is 5.58. The van der Waals surface area contributed by atoms with Gasteiger partial charge in [0.1, 0.15) is 0 Å². The molecule has 20 heavy (non-hydrogen) atoms. The maximum atomic E-state index is 11.1. The predicted molar refractivity (Wildman–Crippen MR) is 79.9 cm³/mol. The first-order chi connectivity index (χ1) is 9.63. The molecular formula is C15H18ClN3O. The number of carbonyl (C=O) groups excluding carboxylic acids is 1. The number of amides is 1. The summed E-state index contributed by atoms with van der Waals surface area (Å²) in [6, 6.07) is 4.29. The van der Waals surface area contributed by atoms with E-state index in [1.165, 1.54) is 5.56 Å². The van der Waals surface area contributed by atoms with Gasteiger partial charge >= 0.3 is 0 Å². The van der Waals surface area contributed by atoms with Crippen molar-refractivity contribution >= 4 is 28.4 Å². The van der Waals surface area contributed by atoms with E-state index < -0.39 is 0 Å². The number of nitrogens with zero attached hydrogens (tertiary/aromatic N) is 1. The van der Waals surface area contributed by atoms with Crippen molar-refractivity contribution in [2.24, 2.45) is 0 Å². The number of rotatable bonds is 2. The van der Waals surface area contributed by atoms with Crippen LogP contribution in [0.25, 0.3) is 10.9 Å². The molecule has 0 aliphatic heterocycles. The van der Waals surface area contributed by atoms with Crippen LogP contribution in [-0.4, -0.2) is 22.1 Å². The van der Waals surface area contributed by atoms with Crippen molar-refractivity contribution in [3.05, 3.63) is 28.9 Å². The quantitative estimate of drug-likeness (QED) is 0.891. The zero-order chi connectivity index (χ0) is 14.1. The van der Waals surface area contributed by atoms with Gasteiger partial charge in [0, 0.05) is 23.4 Å². The van der Waals surface area contributed by atoms with Gasteiger partial charge in [0.2, 0.25) is 5.91 Å². The number of aromatic amines is 1. The first-order valence-electron chi connectivity index (χ1n) is 7.03. The Balaban J connectivity index is 1.79. The van der Waals surface area contributed by atoms with Crippen molar-refractivity contribution < 1.29 is 4.79 Å². The van der Waals surface area contributed by atoms with E-state index in [9.17, 15) is 4.79 Å². The van der Waals surface area contributed by atoms with Crippen LogP contribution in [0.15, 0.2) is 18.3 Å². The summed E-state index contributed by atoms with van der Waals surface area (Å²) in [6.45, 7) is 1.58. The van der Waals surface area contributed by atoms with Crippen LogP contribution in [0, 0.1) is 0 Å². The molecule has 1 fully saturated rings. The predicted octanol–water partition coefficient (Wildman–Crippen LogP) is 3.38. The number of halogens is 1. The van der Waals surface area contributed by atoms with Gasteiger partial charge in [-0.3, -0.25) is 9.89 Å². The zero-order valence-electron chi connectivity index (χ0n) is 11.4. The van der Waals surface area contributed by atoms with Gasteiger partial charge in [-0.2, -0.15) is 5.10 Å². The van der Waals surface area contributed by atoms with Crippen LogP contribution in [0.4, 0.5) is 0 Å². The van der Waals surface area contributed by atoms with Crippen molar-refractivity contribution in [1.82, 2.24) is 15.5 Å². The van der Waals surface area contributed by atoms with Gasteiger partial charge in [-0.15, -0.1) is 0 Å². The highest BCUT2D eigenvalue weighted by atomic mass is 35.5. The monoisotopic (exact) mass is 291 g/mol. The fourth-order valence-corrected chi connectivity index (χ4v) is 3.44. The average Bonchev–Trinajstić information content (AvgIpc) is 2.86. The van der Waals surface area contributed by atoms with E-state index in [2.05, 4.69) is 21.6 Å². The van der Waals surface area contributed by atoms with Crippen molar-refractivity contribution in [1.29, 1.82) is 0 Å². The highest BCUT2D eigenvalue weighted by molar-refractivity contribution is 6.31. The molecule has 1 aliphatic rings. The van der Waals surface area contributed by atoms with Gasteiger partial charge in [-0.05, 0) is 49.3 Å². The zero-order valence-corrected chi connectivity index (χ0v) is 12.2. The van der Waals surface area contributed by atoms with Crippen LogP contribution in [0.5, 0.6) is 0 Å². The topological polar surface area (TPSA) is 57.8 Å². The molecule has 4 nitrogen and oxygen atoms in total. The standard InChI is InChI=1S/C15H18ClN3O/c1-9(20)18-12-4-2-10(3-5-12)13-6-11(16)7-15-14(13)8-17-19-15/h6-8,10,12H,2-5H2,1H3,(H,17,19)(H,18,20). The summed E-state index contributed by atoms with van der Waals surface area (Å²) in [7, 11) is 0. The maximum Gasteiger partial charge on any atom is 0.217 e. The summed E-state index contributed by atoms with van der Waals surface area (Å²) in [5.74, 6) is 0.562. The smallest absolute Gasteiger partial charge is 0.217 e. The number of aromatic nitrogens is 2. The van der Waals surface area contributed by atoms with E-state index in [0.717, 1.165) is 41.6 Å². The van der Waals surface area contributed by atoms with Gasteiger partial charge in [-0.25, -0.2) is 0 Å². The molecule has 5 heteroatoms. The molecule has 106 valence electrons. The van der Waals surface area contributed by atoms with E-state index >= 15 is 0 Å². The van der Waals surface area contributed by atoms with Crippen molar-refractivity contribution in [3.63, 3.8) is 0 Å². The highest BCUT2D eigenvalue weighted by Crippen LogP contribution is 2.37. The molecule has 1 saturated carbocycles. The number of fused-ring (bicyclic) bond motifs is 1. The highest BCUT2D eigenvalue weighted by Gasteiger charge is 2.24. The fourth-order valence-electron chi connectivity index (χ4n) is 3.22. The Morgan fingerprint density at radius 2 is 2.10 bits per heavy atom. The van der Waals surface area contributed by atoms with E-state index in [-0.39, 0.29) is 5.91 Å². The molecule has 1 heterocycles. The number of benzene rings is 1. The van der Waals surface area contributed by atoms with Crippen molar-refractivity contribution in [2.75, 3.05) is 0 Å². The molecule has 1 aromatic carbocycles. The van der Waals surface area contributed by atoms with Gasteiger partial charge in [0.15, 0.2) is 0 Å². The fraction of sp³-hybridized carbons (Fsp3) is 0.467. The first-order valence-corrected chi connectivity index (χ1v) is 7.41. The minimum absolute atomic E-state index is 0.0634. The third-order valence-corrected chi connectivity index (χ3v) is 4.35. The van der Waals surface area contributed by atoms with E-state index in [0.29, 0.717) is 12.0 Å². The molecule has 0 unspecified atom stereocenters. The minimum atomic E-state index is 0.0634. The van der Waals surface area contributed by atoms with Gasteiger partial charge < -0.3 is 5.32 Å². The van der Waals surface area contributed by atoms with Crippen molar-refractivity contribution in [3.8, 4) is 0 Å². The molecule has 0 atom stereocenters. The molecule has 2 aromatic rings. The normalized spacial score (nSPS) is 22.9. The lowest BCUT2D eigenvalue weighted by Crippen LogP contribution is -2.35. The Kier molecular flexibility index (Phi) is 3.66. The molecule has 1 aromatic heterocycles. The summed E-state index contributed by atoms with van der Waals surface area (Å²) < 4.78 is 0. The largest absolute Gasteiger partial charge is 0.354 e. The first kappa shape index (κ1) is 13.4. The lowest BCUT2D eigenvalue weighted by atomic mass is 9.80. The Morgan fingerprint density at radius 1 is 1.35 bits per heavy atom. The molecule has 1 amide bonds. The molecule has 1 aliphatic carbocycles. The number of carbonyl (C=O) groups is 1. The molecule has 0 spiro atoms. The van der Waals surface area contributed by atoms with Crippen LogP contribution in [0.3, 0.4) is 0 Å². The average molecular weight is 292 g/mol. The van der Waals surface area contributed by atoms with Gasteiger partial charge in [0.05, 0.1) is 11.7 Å². The number of H-pyrrole nitrogens is 1. The summed E-state index contributed by atoms with van der Waals surface area (Å²) >= 11 is 6.19. The molecular weight excluding hydrogens is 274 g/mol. The number of hydrogen-bond donors (Lipinski definition) is 2. The third-order valence-electron chi connectivity index (χ3n) is 4.13. The van der Waals surface area contributed by atoms with Crippen LogP contribution >= 0.6 is 11.6 Å². The molecule has 0 saturated heterocycles. The summed E-state index contributed by atoms with van der Waals surface area (Å²) in [5, 5.41) is 12.0. The SMILES string of the molecule is CC(=O)NC1CCC(c2cc(Cl)cc3[nH]ncc23)CC1. The Labute approximate surface area is 122 Å². The Morgan fingerprint density at radius 3 is 2.80 bits per heavy atom. The Hall–Kier alpha value is -1.55. The summed E-state index contributed by atoms with van der Waals surface area (Å²) in [6.07, 6.45) is 6.07. The van der Waals surface area contributed by atoms with Crippen LogP contribution in [0.2, 0.25) is 5.02 Å². The maximum absolute atomic E-state index is 11.1. The van der Waals surface area contributed by atoms with Crippen LogP contribution in [-0.2, 0) is 4.79 Å². The van der Waals surface area contributed by atoms with Crippen LogP contribution in [0.1, 0.15) is 44.1 Å². The minimum Gasteiger partial charge on any atom is -0.354 e. The van der Waals surface area contributed by atoms with Gasteiger partial charge in [-0.1, -0.05) is 11.6 Å². The van der Waals surface area contributed by atoms with Gasteiger partial charge in [0.25, 0.3) is 0 Å². The summed E-state index contributed by atoms with van der Waals surface area (Å²) in [4.78, 5) is 11.1. The molecule has 0 radical (unpaired) electrons.